The van der Waals surface area contributed by atoms with Gasteiger partial charge in [0.05, 0.1) is 24.1 Å². The van der Waals surface area contributed by atoms with E-state index >= 15 is 0 Å². The van der Waals surface area contributed by atoms with Gasteiger partial charge in [0, 0.05) is 48.7 Å². The standard InChI is InChI=1S/C24H24F3N3O3/c1-30(17-4-2-16(3-5-17)24(25,26)27)18-6-7-19-15(9-11-33-22(19)12-18)13-29-21-14-28-10-8-20(21)23(31)32/h2-8,10,12,14-15,23,29,31-32H,9,11,13H2,1H3/t15-/m0/s1. The van der Waals surface area contributed by atoms with Crippen molar-refractivity contribution in [3.63, 3.8) is 0 Å². The molecule has 2 heterocycles. The Morgan fingerprint density at radius 3 is 2.55 bits per heavy atom. The Balaban J connectivity index is 1.50. The lowest BCUT2D eigenvalue weighted by Gasteiger charge is -2.29. The highest BCUT2D eigenvalue weighted by molar-refractivity contribution is 5.65. The molecular weight excluding hydrogens is 435 g/mol. The van der Waals surface area contributed by atoms with E-state index in [0.717, 1.165) is 35.6 Å². The SMILES string of the molecule is CN(c1ccc(C(F)(F)F)cc1)c1ccc2c(c1)OCC[C@H]2CNc1cnccc1C(O)O. The van der Waals surface area contributed by atoms with Gasteiger partial charge in [0.1, 0.15) is 5.75 Å². The number of anilines is 3. The highest BCUT2D eigenvalue weighted by atomic mass is 19.4. The van der Waals surface area contributed by atoms with Crippen LogP contribution in [0.3, 0.4) is 0 Å². The van der Waals surface area contributed by atoms with E-state index in [9.17, 15) is 23.4 Å². The van der Waals surface area contributed by atoms with Crippen LogP contribution in [0.1, 0.15) is 35.3 Å². The summed E-state index contributed by atoms with van der Waals surface area (Å²) in [6, 6.07) is 12.3. The van der Waals surface area contributed by atoms with Gasteiger partial charge in [0.25, 0.3) is 0 Å². The van der Waals surface area contributed by atoms with Crippen molar-refractivity contribution in [1.82, 2.24) is 4.98 Å². The summed E-state index contributed by atoms with van der Waals surface area (Å²) in [7, 11) is 1.79. The number of aromatic nitrogens is 1. The zero-order valence-corrected chi connectivity index (χ0v) is 17.9. The van der Waals surface area contributed by atoms with Crippen molar-refractivity contribution in [2.45, 2.75) is 24.8 Å². The fraction of sp³-hybridized carbons (Fsp3) is 0.292. The smallest absolute Gasteiger partial charge is 0.416 e. The third kappa shape index (κ3) is 5.04. The Bertz CT molecular complexity index is 1100. The Labute approximate surface area is 189 Å². The van der Waals surface area contributed by atoms with Crippen LogP contribution in [-0.4, -0.2) is 35.4 Å². The number of aliphatic hydroxyl groups is 2. The van der Waals surface area contributed by atoms with Gasteiger partial charge in [-0.3, -0.25) is 4.98 Å². The molecule has 0 fully saturated rings. The van der Waals surface area contributed by atoms with Crippen molar-refractivity contribution in [2.75, 3.05) is 30.4 Å². The summed E-state index contributed by atoms with van der Waals surface area (Å²) in [5.41, 5.74) is 2.65. The molecule has 0 unspecified atom stereocenters. The molecule has 0 amide bonds. The molecular formula is C24H24F3N3O3. The number of fused-ring (bicyclic) bond motifs is 1. The van der Waals surface area contributed by atoms with Gasteiger partial charge in [-0.05, 0) is 48.4 Å². The first-order valence-corrected chi connectivity index (χ1v) is 10.5. The van der Waals surface area contributed by atoms with Crippen LogP contribution in [0.4, 0.5) is 30.2 Å². The highest BCUT2D eigenvalue weighted by Gasteiger charge is 2.30. The predicted molar refractivity (Wildman–Crippen MR) is 119 cm³/mol. The van der Waals surface area contributed by atoms with Crippen LogP contribution in [0.15, 0.2) is 60.9 Å². The molecule has 33 heavy (non-hydrogen) atoms. The number of pyridine rings is 1. The summed E-state index contributed by atoms with van der Waals surface area (Å²) in [4.78, 5) is 5.84. The number of nitrogens with one attached hydrogen (secondary N) is 1. The minimum atomic E-state index is -4.37. The molecule has 1 aliphatic rings. The molecule has 0 bridgehead atoms. The highest BCUT2D eigenvalue weighted by Crippen LogP contribution is 2.38. The molecule has 0 saturated heterocycles. The minimum Gasteiger partial charge on any atom is -0.493 e. The lowest BCUT2D eigenvalue weighted by atomic mass is 9.92. The molecule has 2 aromatic carbocycles. The Hall–Kier alpha value is -3.30. The first-order chi connectivity index (χ1) is 15.7. The van der Waals surface area contributed by atoms with Gasteiger partial charge in [-0.2, -0.15) is 13.2 Å². The van der Waals surface area contributed by atoms with Crippen LogP contribution in [0.2, 0.25) is 0 Å². The van der Waals surface area contributed by atoms with Gasteiger partial charge >= 0.3 is 6.18 Å². The molecule has 0 spiro atoms. The van der Waals surface area contributed by atoms with Crippen LogP contribution >= 0.6 is 0 Å². The van der Waals surface area contributed by atoms with Crippen molar-refractivity contribution in [1.29, 1.82) is 0 Å². The van der Waals surface area contributed by atoms with Gasteiger partial charge in [-0.25, -0.2) is 0 Å². The van der Waals surface area contributed by atoms with E-state index in [1.54, 1.807) is 24.2 Å². The van der Waals surface area contributed by atoms with Crippen LogP contribution < -0.4 is 15.0 Å². The normalized spacial score (nSPS) is 15.7. The molecule has 3 aromatic rings. The molecule has 1 aliphatic heterocycles. The van der Waals surface area contributed by atoms with Gasteiger partial charge in [0.15, 0.2) is 6.29 Å². The van der Waals surface area contributed by atoms with Crippen molar-refractivity contribution < 1.29 is 28.1 Å². The number of hydrogen-bond acceptors (Lipinski definition) is 6. The number of hydrogen-bond donors (Lipinski definition) is 3. The number of nitrogens with zero attached hydrogens (tertiary/aromatic N) is 2. The molecule has 9 heteroatoms. The maximum atomic E-state index is 12.8. The molecule has 6 nitrogen and oxygen atoms in total. The van der Waals surface area contributed by atoms with E-state index < -0.39 is 18.0 Å². The second-order valence-corrected chi connectivity index (χ2v) is 7.88. The monoisotopic (exact) mass is 459 g/mol. The van der Waals surface area contributed by atoms with E-state index in [-0.39, 0.29) is 5.92 Å². The number of alkyl halides is 3. The zero-order chi connectivity index (χ0) is 23.6. The van der Waals surface area contributed by atoms with E-state index in [1.165, 1.54) is 18.3 Å². The van der Waals surface area contributed by atoms with Crippen LogP contribution in [0.5, 0.6) is 5.75 Å². The fourth-order valence-corrected chi connectivity index (χ4v) is 3.91. The molecule has 0 saturated carbocycles. The number of ether oxygens (including phenoxy) is 1. The van der Waals surface area contributed by atoms with Gasteiger partial charge in [-0.15, -0.1) is 0 Å². The van der Waals surface area contributed by atoms with E-state index in [4.69, 9.17) is 4.74 Å². The van der Waals surface area contributed by atoms with Crippen LogP contribution in [0, 0.1) is 0 Å². The molecule has 3 N–H and O–H groups in total. The lowest BCUT2D eigenvalue weighted by molar-refractivity contribution is -0.137. The third-order valence-electron chi connectivity index (χ3n) is 5.80. The summed E-state index contributed by atoms with van der Waals surface area (Å²) in [5.74, 6) is 0.848. The second-order valence-electron chi connectivity index (χ2n) is 7.88. The second kappa shape index (κ2) is 9.29. The number of benzene rings is 2. The Kier molecular flexibility index (Phi) is 6.44. The van der Waals surface area contributed by atoms with Gasteiger partial charge in [0.2, 0.25) is 0 Å². The number of halogens is 3. The molecule has 1 aromatic heterocycles. The number of aliphatic hydroxyl groups excluding tert-OH is 1. The van der Waals surface area contributed by atoms with Gasteiger partial charge < -0.3 is 25.2 Å². The summed E-state index contributed by atoms with van der Waals surface area (Å²) in [5, 5.41) is 22.3. The lowest BCUT2D eigenvalue weighted by Crippen LogP contribution is -2.22. The molecule has 4 rings (SSSR count). The maximum absolute atomic E-state index is 12.8. The first kappa shape index (κ1) is 22.9. The maximum Gasteiger partial charge on any atom is 0.416 e. The molecule has 0 radical (unpaired) electrons. The van der Waals surface area contributed by atoms with Crippen LogP contribution in [-0.2, 0) is 6.18 Å². The average molecular weight is 459 g/mol. The Morgan fingerprint density at radius 2 is 1.85 bits per heavy atom. The predicted octanol–water partition coefficient (Wildman–Crippen LogP) is 4.83. The summed E-state index contributed by atoms with van der Waals surface area (Å²) >= 11 is 0. The summed E-state index contributed by atoms with van der Waals surface area (Å²) in [6.07, 6.45) is -2.13. The Morgan fingerprint density at radius 1 is 1.12 bits per heavy atom. The minimum absolute atomic E-state index is 0.128. The quantitative estimate of drug-likeness (QED) is 0.459. The zero-order valence-electron chi connectivity index (χ0n) is 17.9. The summed E-state index contributed by atoms with van der Waals surface area (Å²) in [6.45, 7) is 1.07. The van der Waals surface area contributed by atoms with Crippen molar-refractivity contribution in [3.05, 3.63) is 77.6 Å². The molecule has 0 aliphatic carbocycles. The largest absolute Gasteiger partial charge is 0.493 e. The summed E-state index contributed by atoms with van der Waals surface area (Å²) < 4.78 is 44.4. The topological polar surface area (TPSA) is 77.9 Å². The third-order valence-corrected chi connectivity index (χ3v) is 5.80. The van der Waals surface area contributed by atoms with E-state index in [0.29, 0.717) is 30.1 Å². The van der Waals surface area contributed by atoms with Crippen molar-refractivity contribution in [2.24, 2.45) is 0 Å². The van der Waals surface area contributed by atoms with Gasteiger partial charge in [-0.1, -0.05) is 6.07 Å². The van der Waals surface area contributed by atoms with Crippen LogP contribution in [0.25, 0.3) is 0 Å². The first-order valence-electron chi connectivity index (χ1n) is 10.5. The number of rotatable bonds is 6. The van der Waals surface area contributed by atoms with E-state index in [1.807, 2.05) is 18.2 Å². The molecule has 1 atom stereocenters. The fourth-order valence-electron chi connectivity index (χ4n) is 3.91. The average Bonchev–Trinajstić information content (AvgIpc) is 2.81. The van der Waals surface area contributed by atoms with Crippen molar-refractivity contribution >= 4 is 17.1 Å². The molecule has 174 valence electrons. The van der Waals surface area contributed by atoms with E-state index in [2.05, 4.69) is 10.3 Å². The van der Waals surface area contributed by atoms with Crippen molar-refractivity contribution in [3.8, 4) is 5.75 Å².